The molecule has 0 bridgehead atoms. The third kappa shape index (κ3) is 1.41. The molecule has 2 rings (SSSR count). The summed E-state index contributed by atoms with van der Waals surface area (Å²) in [7, 11) is 0. The first-order chi connectivity index (χ1) is 6.68. The van der Waals surface area contributed by atoms with E-state index in [9.17, 15) is 13.9 Å². The van der Waals surface area contributed by atoms with Crippen LogP contribution in [0.1, 0.15) is 12.0 Å². The molecular formula is C11H8F2O. The van der Waals surface area contributed by atoms with Crippen molar-refractivity contribution in [3.63, 3.8) is 0 Å². The van der Waals surface area contributed by atoms with Crippen LogP contribution in [0.4, 0.5) is 8.78 Å². The van der Waals surface area contributed by atoms with Gasteiger partial charge in [-0.15, -0.1) is 0 Å². The molecule has 0 aliphatic carbocycles. The van der Waals surface area contributed by atoms with Crippen LogP contribution in [0, 0.1) is 0 Å². The molecule has 2 aromatic rings. The van der Waals surface area contributed by atoms with Crippen LogP contribution in [0.15, 0.2) is 36.4 Å². The van der Waals surface area contributed by atoms with Gasteiger partial charge in [-0.25, -0.2) is 8.78 Å². The molecule has 0 saturated heterocycles. The number of aromatic hydroxyl groups is 1. The second-order valence-corrected chi connectivity index (χ2v) is 3.06. The van der Waals surface area contributed by atoms with E-state index in [0.29, 0.717) is 5.39 Å². The normalized spacial score (nSPS) is 11.1. The minimum Gasteiger partial charge on any atom is -0.507 e. The average molecular weight is 194 g/mol. The molecule has 0 saturated carbocycles. The van der Waals surface area contributed by atoms with Gasteiger partial charge in [0.05, 0.1) is 5.56 Å². The first-order valence-corrected chi connectivity index (χ1v) is 4.18. The van der Waals surface area contributed by atoms with Gasteiger partial charge in [0.2, 0.25) is 0 Å². The molecular weight excluding hydrogens is 186 g/mol. The van der Waals surface area contributed by atoms with Gasteiger partial charge in [0.1, 0.15) is 5.75 Å². The Hall–Kier alpha value is -1.64. The number of fused-ring (bicyclic) bond motifs is 1. The first kappa shape index (κ1) is 8.94. The van der Waals surface area contributed by atoms with Gasteiger partial charge in [0.25, 0.3) is 6.43 Å². The second kappa shape index (κ2) is 3.25. The summed E-state index contributed by atoms with van der Waals surface area (Å²) in [6.07, 6.45) is -2.64. The lowest BCUT2D eigenvalue weighted by Gasteiger charge is -2.05. The number of hydrogen-bond acceptors (Lipinski definition) is 1. The summed E-state index contributed by atoms with van der Waals surface area (Å²) < 4.78 is 24.8. The average Bonchev–Trinajstić information content (AvgIpc) is 2.16. The van der Waals surface area contributed by atoms with Crippen molar-refractivity contribution in [1.82, 2.24) is 0 Å². The molecule has 0 spiro atoms. The molecule has 0 radical (unpaired) electrons. The molecule has 0 amide bonds. The lowest BCUT2D eigenvalue weighted by molar-refractivity contribution is 0.147. The van der Waals surface area contributed by atoms with Crippen molar-refractivity contribution < 1.29 is 13.9 Å². The van der Waals surface area contributed by atoms with Gasteiger partial charge < -0.3 is 5.11 Å². The fourth-order valence-electron chi connectivity index (χ4n) is 1.42. The summed E-state index contributed by atoms with van der Waals surface area (Å²) in [5.41, 5.74) is -0.316. The van der Waals surface area contributed by atoms with Crippen LogP contribution in [0.25, 0.3) is 10.8 Å². The van der Waals surface area contributed by atoms with E-state index in [4.69, 9.17) is 0 Å². The Morgan fingerprint density at radius 3 is 2.14 bits per heavy atom. The molecule has 1 nitrogen and oxygen atoms in total. The van der Waals surface area contributed by atoms with E-state index in [1.165, 1.54) is 12.1 Å². The second-order valence-electron chi connectivity index (χ2n) is 3.06. The maximum Gasteiger partial charge on any atom is 0.267 e. The highest BCUT2D eigenvalue weighted by Crippen LogP contribution is 2.31. The van der Waals surface area contributed by atoms with Gasteiger partial charge in [-0.1, -0.05) is 24.3 Å². The summed E-state index contributed by atoms with van der Waals surface area (Å²) in [4.78, 5) is 0. The molecule has 3 heteroatoms. The predicted octanol–water partition coefficient (Wildman–Crippen LogP) is 3.48. The number of halogens is 2. The highest BCUT2D eigenvalue weighted by atomic mass is 19.3. The van der Waals surface area contributed by atoms with Crippen LogP contribution in [0.5, 0.6) is 5.75 Å². The Morgan fingerprint density at radius 1 is 1.00 bits per heavy atom. The molecule has 2 aromatic carbocycles. The van der Waals surface area contributed by atoms with Gasteiger partial charge >= 0.3 is 0 Å². The number of alkyl halides is 2. The fourth-order valence-corrected chi connectivity index (χ4v) is 1.42. The molecule has 0 unspecified atom stereocenters. The number of benzene rings is 2. The van der Waals surface area contributed by atoms with Crippen LogP contribution in [0.3, 0.4) is 0 Å². The molecule has 14 heavy (non-hydrogen) atoms. The molecule has 1 N–H and O–H groups in total. The monoisotopic (exact) mass is 194 g/mol. The van der Waals surface area contributed by atoms with E-state index in [-0.39, 0.29) is 11.3 Å². The first-order valence-electron chi connectivity index (χ1n) is 4.18. The van der Waals surface area contributed by atoms with Crippen LogP contribution in [0.2, 0.25) is 0 Å². The molecule has 72 valence electrons. The summed E-state index contributed by atoms with van der Waals surface area (Å²) in [6, 6.07) is 9.75. The Balaban J connectivity index is 2.71. The van der Waals surface area contributed by atoms with Crippen molar-refractivity contribution >= 4 is 10.8 Å². The van der Waals surface area contributed by atoms with Gasteiger partial charge in [-0.05, 0) is 22.9 Å². The van der Waals surface area contributed by atoms with Crippen molar-refractivity contribution in [2.24, 2.45) is 0 Å². The van der Waals surface area contributed by atoms with Crippen molar-refractivity contribution in [1.29, 1.82) is 0 Å². The van der Waals surface area contributed by atoms with E-state index in [0.717, 1.165) is 5.39 Å². The van der Waals surface area contributed by atoms with Gasteiger partial charge in [0.15, 0.2) is 0 Å². The largest absolute Gasteiger partial charge is 0.507 e. The summed E-state index contributed by atoms with van der Waals surface area (Å²) in [5, 5.41) is 10.8. The Kier molecular flexibility index (Phi) is 2.08. The van der Waals surface area contributed by atoms with E-state index in [1.807, 2.05) is 0 Å². The molecule has 0 aliphatic heterocycles. The highest BCUT2D eigenvalue weighted by molar-refractivity contribution is 5.84. The number of rotatable bonds is 1. The minimum absolute atomic E-state index is 0.316. The summed E-state index contributed by atoms with van der Waals surface area (Å²) in [6.45, 7) is 0. The third-order valence-corrected chi connectivity index (χ3v) is 2.13. The van der Waals surface area contributed by atoms with Crippen molar-refractivity contribution in [2.75, 3.05) is 0 Å². The van der Waals surface area contributed by atoms with Gasteiger partial charge in [-0.3, -0.25) is 0 Å². The van der Waals surface area contributed by atoms with E-state index in [1.54, 1.807) is 24.3 Å². The van der Waals surface area contributed by atoms with Crippen LogP contribution in [-0.4, -0.2) is 5.11 Å². The quantitative estimate of drug-likeness (QED) is 0.736. The predicted molar refractivity (Wildman–Crippen MR) is 50.6 cm³/mol. The maximum atomic E-state index is 12.4. The lowest BCUT2D eigenvalue weighted by atomic mass is 10.1. The molecule has 0 fully saturated rings. The smallest absolute Gasteiger partial charge is 0.267 e. The van der Waals surface area contributed by atoms with Crippen molar-refractivity contribution in [3.05, 3.63) is 42.0 Å². The molecule has 0 aromatic heterocycles. The highest BCUT2D eigenvalue weighted by Gasteiger charge is 2.12. The third-order valence-electron chi connectivity index (χ3n) is 2.13. The van der Waals surface area contributed by atoms with E-state index >= 15 is 0 Å². The van der Waals surface area contributed by atoms with Crippen molar-refractivity contribution in [2.45, 2.75) is 6.43 Å². The number of hydrogen-bond donors (Lipinski definition) is 1. The van der Waals surface area contributed by atoms with Crippen molar-refractivity contribution in [3.8, 4) is 5.75 Å². The topological polar surface area (TPSA) is 20.2 Å². The van der Waals surface area contributed by atoms with E-state index < -0.39 is 6.43 Å². The Morgan fingerprint density at radius 2 is 1.57 bits per heavy atom. The summed E-state index contributed by atoms with van der Waals surface area (Å²) >= 11 is 0. The molecule has 0 atom stereocenters. The minimum atomic E-state index is -2.64. The lowest BCUT2D eigenvalue weighted by Crippen LogP contribution is -1.85. The zero-order chi connectivity index (χ0) is 10.1. The number of phenolic OH excluding ortho intramolecular Hbond substituents is 1. The van der Waals surface area contributed by atoms with Gasteiger partial charge in [0, 0.05) is 0 Å². The van der Waals surface area contributed by atoms with Gasteiger partial charge in [-0.2, -0.15) is 0 Å². The summed E-state index contributed by atoms with van der Waals surface area (Å²) in [5.74, 6) is -0.348. The Bertz CT molecular complexity index is 466. The van der Waals surface area contributed by atoms with E-state index in [2.05, 4.69) is 0 Å². The molecule has 0 aliphatic rings. The van der Waals surface area contributed by atoms with Crippen LogP contribution >= 0.6 is 0 Å². The van der Waals surface area contributed by atoms with Crippen LogP contribution in [-0.2, 0) is 0 Å². The molecule has 0 heterocycles. The van der Waals surface area contributed by atoms with Crippen LogP contribution < -0.4 is 0 Å². The SMILES string of the molecule is Oc1cc2ccccc2cc1C(F)F. The Labute approximate surface area is 79.6 Å². The number of phenols is 1. The standard InChI is InChI=1S/C11H8F2O/c12-11(13)9-5-7-3-1-2-4-8(7)6-10(9)14/h1-6,11,14H. The maximum absolute atomic E-state index is 12.4. The zero-order valence-electron chi connectivity index (χ0n) is 7.24. The fraction of sp³-hybridized carbons (Fsp3) is 0.0909. The zero-order valence-corrected chi connectivity index (χ0v) is 7.24.